The third-order valence-corrected chi connectivity index (χ3v) is 11.2. The molecule has 3 amide bonds. The van der Waals surface area contributed by atoms with Crippen molar-refractivity contribution < 1.29 is 19.2 Å². The molecule has 0 bridgehead atoms. The lowest BCUT2D eigenvalue weighted by Gasteiger charge is -2.39. The van der Waals surface area contributed by atoms with Crippen molar-refractivity contribution in [1.82, 2.24) is 15.8 Å². The van der Waals surface area contributed by atoms with Crippen LogP contribution in [-0.2, 0) is 0 Å². The quantitative estimate of drug-likeness (QED) is 0.0993. The van der Waals surface area contributed by atoms with Crippen molar-refractivity contribution >= 4 is 57.8 Å². The predicted octanol–water partition coefficient (Wildman–Crippen LogP) is 13.7. The van der Waals surface area contributed by atoms with E-state index in [0.717, 1.165) is 69.5 Å². The maximum atomic E-state index is 13.5. The van der Waals surface area contributed by atoms with E-state index >= 15 is 0 Å². The van der Waals surface area contributed by atoms with Crippen LogP contribution in [-0.4, -0.2) is 45.9 Å². The molecule has 0 saturated heterocycles. The molecule has 4 aromatic carbocycles. The number of carbonyl (C=O) groups excluding carboxylic acids is 4. The first kappa shape index (κ1) is 55.8. The number of rotatable bonds is 9. The van der Waals surface area contributed by atoms with Crippen LogP contribution in [0.5, 0.6) is 0 Å². The van der Waals surface area contributed by atoms with E-state index in [2.05, 4.69) is 59.2 Å². The molecule has 0 aromatic heterocycles. The molecule has 2 atom stereocenters. The smallest absolute Gasteiger partial charge is 0.272 e. The largest absolute Gasteiger partial charge is 0.352 e. The maximum Gasteiger partial charge on any atom is 0.272 e. The summed E-state index contributed by atoms with van der Waals surface area (Å²) in [6.45, 7) is 33.7. The summed E-state index contributed by atoms with van der Waals surface area (Å²) in [5, 5.41) is 4.43. The zero-order valence-corrected chi connectivity index (χ0v) is 42.4. The average Bonchev–Trinajstić information content (AvgIpc) is 3.15. The molecule has 10 heteroatoms. The first-order valence-electron chi connectivity index (χ1n) is 21.3. The molecule has 62 heavy (non-hydrogen) atoms. The molecule has 0 fully saturated rings. The molecule has 0 heterocycles. The van der Waals surface area contributed by atoms with E-state index in [9.17, 15) is 19.2 Å². The number of halogens is 3. The number of aryl methyl sites for hydroxylation is 6. The molecule has 4 aromatic rings. The molecule has 2 N–H and O–H groups in total. The third kappa shape index (κ3) is 17.9. The number of benzene rings is 4. The Bertz CT molecular complexity index is 2080. The summed E-state index contributed by atoms with van der Waals surface area (Å²) >= 11 is 14.8. The van der Waals surface area contributed by atoms with Gasteiger partial charge in [-0.05, 0) is 149 Å². The van der Waals surface area contributed by atoms with Gasteiger partial charge in [-0.2, -0.15) is 0 Å². The first-order chi connectivity index (χ1) is 28.7. The van der Waals surface area contributed by atoms with Gasteiger partial charge in [0.25, 0.3) is 23.0 Å². The fourth-order valence-electron chi connectivity index (χ4n) is 7.32. The van der Waals surface area contributed by atoms with Gasteiger partial charge in [-0.3, -0.25) is 24.6 Å². The van der Waals surface area contributed by atoms with E-state index in [1.54, 1.807) is 18.2 Å². The second kappa shape index (κ2) is 25.8. The van der Waals surface area contributed by atoms with Crippen LogP contribution in [0.2, 0.25) is 0 Å². The normalized spacial score (nSPS) is 11.9. The van der Waals surface area contributed by atoms with Crippen LogP contribution in [0.25, 0.3) is 0 Å². The van der Waals surface area contributed by atoms with E-state index in [1.165, 1.54) is 5.01 Å². The van der Waals surface area contributed by atoms with Gasteiger partial charge in [0.1, 0.15) is 0 Å². The number of nitrogens with zero attached hydrogens (tertiary/aromatic N) is 1. The minimum atomic E-state index is -0.392. The van der Waals surface area contributed by atoms with Crippen molar-refractivity contribution in [3.8, 4) is 0 Å². The van der Waals surface area contributed by atoms with E-state index < -0.39 is 5.24 Å². The molecule has 0 aliphatic carbocycles. The number of hydrogen-bond donors (Lipinski definition) is 2. The second-order valence-electron chi connectivity index (χ2n) is 18.2. The minimum Gasteiger partial charge on any atom is -0.352 e. The van der Waals surface area contributed by atoms with E-state index in [1.807, 2.05) is 117 Å². The van der Waals surface area contributed by atoms with Gasteiger partial charge in [0.2, 0.25) is 0 Å². The number of nitrogens with one attached hydrogen (secondary N) is 2. The van der Waals surface area contributed by atoms with Gasteiger partial charge < -0.3 is 5.32 Å². The number of amides is 3. The van der Waals surface area contributed by atoms with Crippen LogP contribution in [0.3, 0.4) is 0 Å². The van der Waals surface area contributed by atoms with E-state index in [4.69, 9.17) is 34.8 Å². The van der Waals surface area contributed by atoms with Crippen molar-refractivity contribution in [3.05, 3.63) is 140 Å². The highest BCUT2D eigenvalue weighted by molar-refractivity contribution is 6.67. The Labute approximate surface area is 388 Å². The summed E-state index contributed by atoms with van der Waals surface area (Å²) in [6, 6.07) is 22.7. The SMILES string of the molecule is CCC(CNC(=O)c1cccc(C)c1C)C(C)(C)C.CCC(N(NC(=O)c1cccc(C)c1C)C(=O)c1cc(C)cc(C)c1)C(C)(C)C.Cc1cc(C)cc(C(=O)Cl)c1.ClCCl. The topological polar surface area (TPSA) is 95.6 Å². The van der Waals surface area contributed by atoms with Crippen LogP contribution in [0, 0.1) is 72.1 Å². The van der Waals surface area contributed by atoms with Gasteiger partial charge in [-0.25, -0.2) is 5.01 Å². The van der Waals surface area contributed by atoms with Gasteiger partial charge in [0.15, 0.2) is 0 Å². The second-order valence-corrected chi connectivity index (χ2v) is 19.4. The lowest BCUT2D eigenvalue weighted by atomic mass is 9.79. The Morgan fingerprint density at radius 1 is 0.597 bits per heavy atom. The molecule has 0 aliphatic heterocycles. The molecule has 0 aliphatic rings. The van der Waals surface area contributed by atoms with Gasteiger partial charge in [0, 0.05) is 28.8 Å². The summed E-state index contributed by atoms with van der Waals surface area (Å²) in [6.07, 6.45) is 1.81. The summed E-state index contributed by atoms with van der Waals surface area (Å²) in [4.78, 5) is 49.6. The molecular weight excluding hydrogens is 837 g/mol. The van der Waals surface area contributed by atoms with Crippen molar-refractivity contribution in [2.24, 2.45) is 16.7 Å². The molecule has 2 unspecified atom stereocenters. The summed E-state index contributed by atoms with van der Waals surface area (Å²) in [5.74, 6) is 0.106. The zero-order valence-electron chi connectivity index (χ0n) is 40.1. The molecule has 0 spiro atoms. The van der Waals surface area contributed by atoms with Crippen LogP contribution >= 0.6 is 34.8 Å². The highest BCUT2D eigenvalue weighted by Crippen LogP contribution is 2.29. The molecule has 7 nitrogen and oxygen atoms in total. The lowest BCUT2D eigenvalue weighted by molar-refractivity contribution is 0.0284. The first-order valence-corrected chi connectivity index (χ1v) is 22.7. The Kier molecular flexibility index (Phi) is 23.3. The molecule has 4 rings (SSSR count). The Morgan fingerprint density at radius 3 is 1.35 bits per heavy atom. The maximum absolute atomic E-state index is 13.5. The number of alkyl halides is 2. The van der Waals surface area contributed by atoms with Crippen molar-refractivity contribution in [3.63, 3.8) is 0 Å². The van der Waals surface area contributed by atoms with Crippen LogP contribution in [0.4, 0.5) is 0 Å². The number of carbonyl (C=O) groups is 4. The van der Waals surface area contributed by atoms with Gasteiger partial charge >= 0.3 is 0 Å². The molecule has 340 valence electrons. The minimum absolute atomic E-state index is 0.0453. The van der Waals surface area contributed by atoms with E-state index in [0.29, 0.717) is 22.6 Å². The van der Waals surface area contributed by atoms with Crippen molar-refractivity contribution in [2.45, 2.75) is 130 Å². The Morgan fingerprint density at radius 2 is 1.00 bits per heavy atom. The highest BCUT2D eigenvalue weighted by Gasteiger charge is 2.34. The van der Waals surface area contributed by atoms with Crippen molar-refractivity contribution in [2.75, 3.05) is 11.9 Å². The number of hydrogen-bond acceptors (Lipinski definition) is 4. The predicted molar refractivity (Wildman–Crippen MR) is 263 cm³/mol. The number of hydrazine groups is 1. The van der Waals surface area contributed by atoms with E-state index in [-0.39, 0.29) is 39.9 Å². The summed E-state index contributed by atoms with van der Waals surface area (Å²) < 4.78 is 0. The summed E-state index contributed by atoms with van der Waals surface area (Å²) in [7, 11) is 0. The fourth-order valence-corrected chi connectivity index (χ4v) is 7.42. The Balaban J connectivity index is 0.000000496. The summed E-state index contributed by atoms with van der Waals surface area (Å²) in [5.41, 5.74) is 13.9. The lowest BCUT2D eigenvalue weighted by Crippen LogP contribution is -2.56. The van der Waals surface area contributed by atoms with Gasteiger partial charge in [0.05, 0.1) is 11.4 Å². The fraction of sp³-hybridized carbons (Fsp3) is 0.462. The van der Waals surface area contributed by atoms with Gasteiger partial charge in [-0.1, -0.05) is 120 Å². The van der Waals surface area contributed by atoms with Crippen molar-refractivity contribution in [1.29, 1.82) is 0 Å². The third-order valence-electron chi connectivity index (χ3n) is 11.0. The molecular formula is C52H72Cl3N3O4. The van der Waals surface area contributed by atoms with Crippen LogP contribution in [0.15, 0.2) is 72.8 Å². The monoisotopic (exact) mass is 907 g/mol. The molecule has 0 saturated carbocycles. The zero-order chi connectivity index (χ0) is 47.7. The van der Waals surface area contributed by atoms with Gasteiger partial charge in [-0.15, -0.1) is 23.2 Å². The standard InChI is InChI=1S/C25H34N2O2.C17H27NO.C9H9ClO.CH2Cl2/c1-9-22(25(6,7)8)27(24(29)20-14-16(2)13-17(3)15-20)26-23(28)21-12-10-11-18(4)19(21)5;1-7-14(17(4,5)6)11-18-16(19)15-10-8-9-12(2)13(15)3;1-6-3-7(2)5-8(4-6)9(10)11;2-1-3/h10-15,22H,9H2,1-8H3,(H,26,28);8-10,14H,7,11H2,1-6H3,(H,18,19);3-5H,1-2H3;1H2. The molecule has 0 radical (unpaired) electrons. The van der Waals surface area contributed by atoms with Crippen LogP contribution < -0.4 is 10.7 Å². The Hall–Kier alpha value is -4.17. The average molecular weight is 910 g/mol. The highest BCUT2D eigenvalue weighted by atomic mass is 35.5. The van der Waals surface area contributed by atoms with Crippen LogP contribution in [0.1, 0.15) is 154 Å².